The van der Waals surface area contributed by atoms with Crippen LogP contribution in [0.3, 0.4) is 0 Å². The summed E-state index contributed by atoms with van der Waals surface area (Å²) in [6.07, 6.45) is 0. The summed E-state index contributed by atoms with van der Waals surface area (Å²) in [5.74, 6) is -0.713. The normalized spacial score (nSPS) is 10.0. The van der Waals surface area contributed by atoms with Gasteiger partial charge in [0.1, 0.15) is 7.85 Å². The lowest BCUT2D eigenvalue weighted by molar-refractivity contribution is 0.476. The van der Waals surface area contributed by atoms with Gasteiger partial charge in [-0.05, 0) is 0 Å². The molecule has 0 saturated heterocycles. The van der Waals surface area contributed by atoms with E-state index in [0.717, 1.165) is 0 Å². The predicted molar refractivity (Wildman–Crippen MR) is 37.5 cm³/mol. The molecule has 0 fully saturated rings. The molecular weight excluding hydrogens is 135 g/mol. The quantitative estimate of drug-likeness (QED) is 0.299. The fourth-order valence-electron chi connectivity index (χ4n) is 0.659. The van der Waals surface area contributed by atoms with Crippen molar-refractivity contribution in [3.05, 3.63) is 30.7 Å². The van der Waals surface area contributed by atoms with Crippen LogP contribution in [0.2, 0.25) is 0 Å². The molecule has 0 saturated carbocycles. The summed E-state index contributed by atoms with van der Waals surface area (Å²) in [6.45, 7) is 0. The summed E-state index contributed by atoms with van der Waals surface area (Å²) >= 11 is 0. The molecule has 0 atom stereocenters. The van der Waals surface area contributed by atoms with Crippen LogP contribution in [0.4, 0.5) is 0 Å². The average Bonchev–Trinajstić information content (AvgIpc) is 2.07. The lowest BCUT2D eigenvalue weighted by atomic mass is 9.99. The third-order valence-electron chi connectivity index (χ3n) is 1.32. The minimum Gasteiger partial charge on any atom is -0.504 e. The zero-order valence-corrected chi connectivity index (χ0v) is 5.17. The van der Waals surface area contributed by atoms with Gasteiger partial charge >= 0.3 is 0 Å². The molecule has 0 spiro atoms. The van der Waals surface area contributed by atoms with Gasteiger partial charge in [-0.1, -0.05) is 0 Å². The highest BCUT2D eigenvalue weighted by Crippen LogP contribution is 1.82. The smallest absolute Gasteiger partial charge is 0.276 e. The lowest BCUT2D eigenvalue weighted by Gasteiger charge is -1.78. The molecule has 0 aromatic heterocycles. The van der Waals surface area contributed by atoms with Crippen molar-refractivity contribution in [2.45, 2.75) is 0 Å². The summed E-state index contributed by atoms with van der Waals surface area (Å²) in [4.78, 5) is 31.4. The Morgan fingerprint density at radius 1 is 1.00 bits per heavy atom. The molecule has 0 amide bonds. The molecule has 5 heteroatoms. The van der Waals surface area contributed by atoms with Gasteiger partial charge < -0.3 is 5.11 Å². The van der Waals surface area contributed by atoms with Crippen molar-refractivity contribution >= 4 is 13.3 Å². The molecular formula is C5H3BO4. The van der Waals surface area contributed by atoms with Crippen LogP contribution in [0.15, 0.2) is 14.4 Å². The number of aromatic hydroxyl groups is 1. The molecule has 1 N–H and O–H groups in total. The van der Waals surface area contributed by atoms with E-state index >= 15 is 0 Å². The molecule has 50 valence electrons. The van der Waals surface area contributed by atoms with Gasteiger partial charge in [-0.25, -0.2) is 0 Å². The van der Waals surface area contributed by atoms with Crippen molar-refractivity contribution in [2.75, 3.05) is 0 Å². The molecule has 0 aliphatic rings. The van der Waals surface area contributed by atoms with Gasteiger partial charge in [-0.15, -0.1) is 0 Å². The Balaban J connectivity index is 3.97. The van der Waals surface area contributed by atoms with Crippen LogP contribution >= 0.6 is 0 Å². The molecule has 1 rings (SSSR count). The van der Waals surface area contributed by atoms with Gasteiger partial charge in [0.15, 0.2) is 5.75 Å². The largest absolute Gasteiger partial charge is 0.504 e. The molecule has 1 aromatic rings. The summed E-state index contributed by atoms with van der Waals surface area (Å²) in [5.41, 5.74) is -3.30. The number of hydrogen-bond acceptors (Lipinski definition) is 4. The van der Waals surface area contributed by atoms with Crippen molar-refractivity contribution in [3.63, 3.8) is 0 Å². The monoisotopic (exact) mass is 138 g/mol. The summed E-state index contributed by atoms with van der Waals surface area (Å²) in [6, 6.07) is 0. The maximum absolute atomic E-state index is 10.5. The van der Waals surface area contributed by atoms with Crippen LogP contribution in [-0.2, 0) is 0 Å². The highest BCUT2D eigenvalue weighted by molar-refractivity contribution is 6.34. The van der Waals surface area contributed by atoms with Gasteiger partial charge in [-0.3, -0.25) is 14.4 Å². The SMILES string of the molecule is Bc1c(O)c(=O)c(=O)c1=O. The van der Waals surface area contributed by atoms with E-state index in [1.54, 1.807) is 0 Å². The van der Waals surface area contributed by atoms with E-state index in [1.807, 2.05) is 0 Å². The van der Waals surface area contributed by atoms with E-state index in [1.165, 1.54) is 7.85 Å². The van der Waals surface area contributed by atoms with Crippen LogP contribution < -0.4 is 21.7 Å². The van der Waals surface area contributed by atoms with Crippen LogP contribution in [-0.4, -0.2) is 13.0 Å². The Bertz CT molecular complexity index is 362. The highest BCUT2D eigenvalue weighted by Gasteiger charge is 2.13. The fourth-order valence-corrected chi connectivity index (χ4v) is 0.659. The molecule has 0 unspecified atom stereocenters. The fraction of sp³-hybridized carbons (Fsp3) is 0. The Morgan fingerprint density at radius 2 is 1.50 bits per heavy atom. The first-order valence-electron chi connectivity index (χ1n) is 2.59. The zero-order valence-electron chi connectivity index (χ0n) is 5.17. The molecule has 0 radical (unpaired) electrons. The van der Waals surface area contributed by atoms with Crippen molar-refractivity contribution in [2.24, 2.45) is 0 Å². The van der Waals surface area contributed by atoms with Crippen molar-refractivity contribution in [3.8, 4) is 5.75 Å². The van der Waals surface area contributed by atoms with Crippen LogP contribution in [0.25, 0.3) is 0 Å². The Morgan fingerprint density at radius 3 is 1.60 bits per heavy atom. The van der Waals surface area contributed by atoms with E-state index in [-0.39, 0.29) is 5.46 Å². The number of hydrogen-bond donors (Lipinski definition) is 1. The van der Waals surface area contributed by atoms with Crippen molar-refractivity contribution in [1.82, 2.24) is 0 Å². The van der Waals surface area contributed by atoms with Gasteiger partial charge in [0.25, 0.3) is 10.9 Å². The predicted octanol–water partition coefficient (Wildman–Crippen LogP) is -3.39. The third kappa shape index (κ3) is 0.602. The number of rotatable bonds is 0. The first-order chi connectivity index (χ1) is 4.55. The second-order valence-corrected chi connectivity index (χ2v) is 1.96. The maximum atomic E-state index is 10.5. The Hall–Kier alpha value is -1.39. The molecule has 1 aromatic carbocycles. The van der Waals surface area contributed by atoms with Gasteiger partial charge in [-0.2, -0.15) is 0 Å². The van der Waals surface area contributed by atoms with Crippen LogP contribution in [0.5, 0.6) is 5.75 Å². The summed E-state index contributed by atoms with van der Waals surface area (Å²) < 4.78 is 0. The average molecular weight is 138 g/mol. The second-order valence-electron chi connectivity index (χ2n) is 1.96. The summed E-state index contributed by atoms with van der Waals surface area (Å²) in [7, 11) is 1.24. The molecule has 10 heavy (non-hydrogen) atoms. The topological polar surface area (TPSA) is 71.4 Å². The standard InChI is InChI=1S/C5H3BO4/c6-1-2(7)4(9)5(10)3(1)8/h7H,6H2. The van der Waals surface area contributed by atoms with E-state index in [9.17, 15) is 14.4 Å². The minimum atomic E-state index is -1.14. The van der Waals surface area contributed by atoms with Crippen molar-refractivity contribution < 1.29 is 5.11 Å². The van der Waals surface area contributed by atoms with Crippen molar-refractivity contribution in [1.29, 1.82) is 0 Å². The van der Waals surface area contributed by atoms with Gasteiger partial charge in [0, 0.05) is 5.46 Å². The van der Waals surface area contributed by atoms with Gasteiger partial charge in [0.2, 0.25) is 5.43 Å². The van der Waals surface area contributed by atoms with E-state index in [0.29, 0.717) is 0 Å². The second kappa shape index (κ2) is 1.80. The molecule has 0 aliphatic heterocycles. The zero-order chi connectivity index (χ0) is 7.89. The van der Waals surface area contributed by atoms with E-state index in [2.05, 4.69) is 0 Å². The van der Waals surface area contributed by atoms with Gasteiger partial charge in [0.05, 0.1) is 0 Å². The molecule has 0 heterocycles. The lowest BCUT2D eigenvalue weighted by Crippen LogP contribution is -2.34. The maximum Gasteiger partial charge on any atom is 0.276 e. The Kier molecular flexibility index (Phi) is 1.21. The van der Waals surface area contributed by atoms with Crippen LogP contribution in [0.1, 0.15) is 0 Å². The van der Waals surface area contributed by atoms with E-state index < -0.39 is 22.0 Å². The molecule has 4 nitrogen and oxygen atoms in total. The highest BCUT2D eigenvalue weighted by atomic mass is 16.3. The van der Waals surface area contributed by atoms with Crippen LogP contribution in [0, 0.1) is 0 Å². The Labute approximate surface area is 55.9 Å². The third-order valence-corrected chi connectivity index (χ3v) is 1.32. The first-order valence-corrected chi connectivity index (χ1v) is 2.59. The molecule has 0 aliphatic carbocycles. The molecule has 0 bridgehead atoms. The first kappa shape index (κ1) is 6.73. The van der Waals surface area contributed by atoms with E-state index in [4.69, 9.17) is 5.11 Å². The summed E-state index contributed by atoms with van der Waals surface area (Å²) in [5, 5.41) is 8.70. The minimum absolute atomic E-state index is 0.157.